The number of anilines is 3. The van der Waals surface area contributed by atoms with Gasteiger partial charge in [-0.05, 0) is 65.5 Å². The van der Waals surface area contributed by atoms with Gasteiger partial charge in [0.05, 0.1) is 11.3 Å². The van der Waals surface area contributed by atoms with Crippen molar-refractivity contribution in [2.75, 3.05) is 10.6 Å². The lowest BCUT2D eigenvalue weighted by Crippen LogP contribution is -2.46. The zero-order valence-corrected chi connectivity index (χ0v) is 21.5. The summed E-state index contributed by atoms with van der Waals surface area (Å²) in [6.07, 6.45) is 5.40. The molecule has 2 aromatic carbocycles. The minimum atomic E-state index is -0.770. The van der Waals surface area contributed by atoms with Crippen LogP contribution < -0.4 is 10.6 Å². The molecule has 8 nitrogen and oxygen atoms in total. The van der Waals surface area contributed by atoms with Crippen LogP contribution >= 0.6 is 11.6 Å². The fourth-order valence-corrected chi connectivity index (χ4v) is 4.91. The first-order valence-electron chi connectivity index (χ1n) is 12.4. The van der Waals surface area contributed by atoms with E-state index < -0.39 is 6.04 Å². The van der Waals surface area contributed by atoms with Crippen molar-refractivity contribution >= 4 is 51.5 Å². The molecule has 1 atom stereocenters. The molecule has 0 aliphatic carbocycles. The van der Waals surface area contributed by atoms with Gasteiger partial charge in [-0.25, -0.2) is 9.97 Å². The molecule has 1 aliphatic heterocycles. The molecule has 0 radical (unpaired) electrons. The summed E-state index contributed by atoms with van der Waals surface area (Å²) in [5, 5.41) is 8.46. The van der Waals surface area contributed by atoms with E-state index in [1.807, 2.05) is 60.7 Å². The lowest BCUT2D eigenvalue weighted by atomic mass is 10.0. The van der Waals surface area contributed by atoms with Crippen molar-refractivity contribution in [1.82, 2.24) is 19.9 Å². The number of hydrogen-bond donors (Lipinski definition) is 2. The van der Waals surface area contributed by atoms with Gasteiger partial charge in [0.2, 0.25) is 5.91 Å². The van der Waals surface area contributed by atoms with Gasteiger partial charge in [-0.3, -0.25) is 14.6 Å². The first-order valence-corrected chi connectivity index (χ1v) is 12.8. The van der Waals surface area contributed by atoms with Crippen molar-refractivity contribution < 1.29 is 9.59 Å². The molecular weight excluding hydrogens is 512 g/mol. The predicted octanol–water partition coefficient (Wildman–Crippen LogP) is 5.63. The van der Waals surface area contributed by atoms with E-state index in [0.29, 0.717) is 33.6 Å². The Morgan fingerprint density at radius 3 is 2.51 bits per heavy atom. The predicted molar refractivity (Wildman–Crippen MR) is 151 cm³/mol. The lowest BCUT2D eigenvalue weighted by molar-refractivity contribution is -0.120. The lowest BCUT2D eigenvalue weighted by Gasteiger charge is -2.29. The Balaban J connectivity index is 1.36. The number of fused-ring (bicyclic) bond motifs is 2. The van der Waals surface area contributed by atoms with Crippen LogP contribution in [-0.4, -0.2) is 37.7 Å². The summed E-state index contributed by atoms with van der Waals surface area (Å²) in [5.41, 5.74) is 2.39. The van der Waals surface area contributed by atoms with E-state index in [1.54, 1.807) is 41.7 Å². The van der Waals surface area contributed by atoms with Gasteiger partial charge < -0.3 is 15.5 Å². The Bertz CT molecular complexity index is 1680. The number of nitrogens with zero attached hydrogens (tertiary/aromatic N) is 4. The normalized spacial score (nSPS) is 15.0. The third kappa shape index (κ3) is 5.15. The van der Waals surface area contributed by atoms with Gasteiger partial charge in [0.1, 0.15) is 17.7 Å². The van der Waals surface area contributed by atoms with Crippen LogP contribution in [0.3, 0.4) is 0 Å². The topological polar surface area (TPSA) is 100 Å². The summed E-state index contributed by atoms with van der Waals surface area (Å²) in [7, 11) is 0. The van der Waals surface area contributed by atoms with Gasteiger partial charge in [0, 0.05) is 47.7 Å². The van der Waals surface area contributed by atoms with Gasteiger partial charge in [-0.2, -0.15) is 0 Å². The average Bonchev–Trinajstić information content (AvgIpc) is 3.04. The molecule has 0 spiro atoms. The third-order valence-corrected chi connectivity index (χ3v) is 6.87. The van der Waals surface area contributed by atoms with E-state index in [2.05, 4.69) is 25.6 Å². The molecule has 0 saturated heterocycles. The Morgan fingerprint density at radius 1 is 0.872 bits per heavy atom. The van der Waals surface area contributed by atoms with Gasteiger partial charge in [-0.15, -0.1) is 0 Å². The third-order valence-electron chi connectivity index (χ3n) is 6.63. The number of hydrogen-bond acceptors (Lipinski definition) is 6. The molecule has 2 amide bonds. The molecule has 2 N–H and O–H groups in total. The minimum absolute atomic E-state index is 0.229. The number of carbonyl (C=O) groups excluding carboxylic acids is 2. The largest absolute Gasteiger partial charge is 0.324 e. The molecule has 6 rings (SSSR count). The zero-order chi connectivity index (χ0) is 26.8. The molecule has 9 heteroatoms. The van der Waals surface area contributed by atoms with Crippen LogP contribution in [0.15, 0.2) is 97.5 Å². The number of aromatic nitrogens is 3. The Morgan fingerprint density at radius 2 is 1.72 bits per heavy atom. The second-order valence-electron chi connectivity index (χ2n) is 9.21. The molecule has 3 aromatic heterocycles. The molecule has 1 aliphatic rings. The second-order valence-corrected chi connectivity index (χ2v) is 9.64. The zero-order valence-electron chi connectivity index (χ0n) is 20.7. The first-order chi connectivity index (χ1) is 19.0. The highest BCUT2D eigenvalue weighted by molar-refractivity contribution is 6.31. The number of carbonyl (C=O) groups is 2. The SMILES string of the molecule is O=C1Nc2cc(Cl)ccc2C(=O)N(Cc2ccc3c(Nc4ccccn4)nccc3c2)C1Cc1ccccn1. The molecule has 1 unspecified atom stereocenters. The Labute approximate surface area is 229 Å². The smallest absolute Gasteiger partial charge is 0.256 e. The Hall–Kier alpha value is -4.82. The number of halogens is 1. The summed E-state index contributed by atoms with van der Waals surface area (Å²) in [6.45, 7) is 0.229. The van der Waals surface area contributed by atoms with E-state index in [9.17, 15) is 9.59 Å². The maximum Gasteiger partial charge on any atom is 0.256 e. The number of nitrogens with one attached hydrogen (secondary N) is 2. The van der Waals surface area contributed by atoms with E-state index in [0.717, 1.165) is 16.3 Å². The van der Waals surface area contributed by atoms with Crippen LogP contribution in [0.4, 0.5) is 17.3 Å². The van der Waals surface area contributed by atoms with Crippen molar-refractivity contribution in [3.63, 3.8) is 0 Å². The molecule has 0 bridgehead atoms. The van der Waals surface area contributed by atoms with Gasteiger partial charge >= 0.3 is 0 Å². The molecule has 192 valence electrons. The second kappa shape index (κ2) is 10.5. The maximum atomic E-state index is 13.9. The van der Waals surface area contributed by atoms with Crippen LogP contribution in [0.1, 0.15) is 21.6 Å². The van der Waals surface area contributed by atoms with Crippen molar-refractivity contribution in [3.8, 4) is 0 Å². The van der Waals surface area contributed by atoms with Crippen molar-refractivity contribution in [1.29, 1.82) is 0 Å². The molecule has 0 saturated carbocycles. The number of amides is 2. The first kappa shape index (κ1) is 24.5. The fourth-order valence-electron chi connectivity index (χ4n) is 4.74. The van der Waals surface area contributed by atoms with Gasteiger partial charge in [-0.1, -0.05) is 35.9 Å². The Kier molecular flexibility index (Phi) is 6.61. The summed E-state index contributed by atoms with van der Waals surface area (Å²) < 4.78 is 0. The van der Waals surface area contributed by atoms with E-state index in [4.69, 9.17) is 11.6 Å². The highest BCUT2D eigenvalue weighted by Crippen LogP contribution is 2.30. The summed E-state index contributed by atoms with van der Waals surface area (Å²) in [4.78, 5) is 42.1. The van der Waals surface area contributed by atoms with Gasteiger partial charge in [0.25, 0.3) is 5.91 Å². The van der Waals surface area contributed by atoms with Crippen molar-refractivity contribution in [2.24, 2.45) is 0 Å². The number of pyridine rings is 3. The van der Waals surface area contributed by atoms with E-state index in [1.165, 1.54) is 0 Å². The molecule has 0 fully saturated rings. The molecule has 4 heterocycles. The quantitative estimate of drug-likeness (QED) is 0.293. The van der Waals surface area contributed by atoms with Crippen LogP contribution in [0, 0.1) is 0 Å². The van der Waals surface area contributed by atoms with E-state index in [-0.39, 0.29) is 24.8 Å². The summed E-state index contributed by atoms with van der Waals surface area (Å²) in [6, 6.07) is 23.1. The molecule has 5 aromatic rings. The van der Waals surface area contributed by atoms with Crippen molar-refractivity contribution in [2.45, 2.75) is 19.0 Å². The van der Waals surface area contributed by atoms with Crippen LogP contribution in [0.5, 0.6) is 0 Å². The highest BCUT2D eigenvalue weighted by Gasteiger charge is 2.36. The standard InChI is InChI=1S/C30H23ClN6O2/c31-21-8-10-24-25(16-21)35-29(38)26(17-22-5-1-3-12-32-22)37(30(24)39)18-19-7-9-23-20(15-19)11-14-34-28(23)36-27-6-2-4-13-33-27/h1-16,26H,17-18H2,(H,35,38)(H,33,34,36). The highest BCUT2D eigenvalue weighted by atomic mass is 35.5. The average molecular weight is 535 g/mol. The summed E-state index contributed by atoms with van der Waals surface area (Å²) >= 11 is 6.18. The fraction of sp³-hybridized carbons (Fsp3) is 0.100. The minimum Gasteiger partial charge on any atom is -0.324 e. The molecular formula is C30H23ClN6O2. The maximum absolute atomic E-state index is 13.9. The van der Waals surface area contributed by atoms with Crippen LogP contribution in [-0.2, 0) is 17.8 Å². The number of rotatable bonds is 6. The molecule has 39 heavy (non-hydrogen) atoms. The summed E-state index contributed by atoms with van der Waals surface area (Å²) in [5.74, 6) is 0.829. The number of benzene rings is 2. The van der Waals surface area contributed by atoms with Crippen LogP contribution in [0.2, 0.25) is 5.02 Å². The van der Waals surface area contributed by atoms with Crippen LogP contribution in [0.25, 0.3) is 10.8 Å². The van der Waals surface area contributed by atoms with Gasteiger partial charge in [0.15, 0.2) is 0 Å². The monoisotopic (exact) mass is 534 g/mol. The van der Waals surface area contributed by atoms with Crippen molar-refractivity contribution in [3.05, 3.63) is 119 Å². The van der Waals surface area contributed by atoms with E-state index >= 15 is 0 Å².